The summed E-state index contributed by atoms with van der Waals surface area (Å²) >= 11 is 0. The van der Waals surface area contributed by atoms with Gasteiger partial charge in [0.2, 0.25) is 0 Å². The van der Waals surface area contributed by atoms with Crippen LogP contribution in [0.1, 0.15) is 23.1 Å². The number of nitrogens with zero attached hydrogens (tertiary/aromatic N) is 3. The zero-order valence-corrected chi connectivity index (χ0v) is 12.2. The molecule has 0 bridgehead atoms. The predicted octanol–water partition coefficient (Wildman–Crippen LogP) is 2.31. The molecule has 110 valence electrons. The van der Waals surface area contributed by atoms with Crippen molar-refractivity contribution in [3.63, 3.8) is 0 Å². The molecule has 1 aliphatic rings. The van der Waals surface area contributed by atoms with Gasteiger partial charge in [0.15, 0.2) is 0 Å². The zero-order valence-electron chi connectivity index (χ0n) is 12.2. The maximum atomic E-state index is 12.1. The Hall–Kier alpha value is -2.30. The molecular formula is C16H20N4O. The van der Waals surface area contributed by atoms with Gasteiger partial charge in [-0.2, -0.15) is 5.10 Å². The summed E-state index contributed by atoms with van der Waals surface area (Å²) in [4.78, 5) is 14.0. The van der Waals surface area contributed by atoms with E-state index >= 15 is 0 Å². The number of carbonyl (C=O) groups excluding carboxylic acids is 1. The Kier molecular flexibility index (Phi) is 3.90. The van der Waals surface area contributed by atoms with Crippen LogP contribution in [0.2, 0.25) is 0 Å². The first-order valence-corrected chi connectivity index (χ1v) is 7.31. The molecule has 1 aromatic heterocycles. The second kappa shape index (κ2) is 5.99. The summed E-state index contributed by atoms with van der Waals surface area (Å²) in [5, 5.41) is 7.21. The fourth-order valence-electron chi connectivity index (χ4n) is 2.61. The van der Waals surface area contributed by atoms with Gasteiger partial charge in [0.05, 0.1) is 6.20 Å². The summed E-state index contributed by atoms with van der Waals surface area (Å²) in [5.74, 6) is 0. The molecule has 0 atom stereocenters. The maximum Gasteiger partial charge on any atom is 0.318 e. The fraction of sp³-hybridized carbons (Fsp3) is 0.375. The van der Waals surface area contributed by atoms with Crippen LogP contribution >= 0.6 is 0 Å². The number of amides is 2. The minimum absolute atomic E-state index is 0.0165. The summed E-state index contributed by atoms with van der Waals surface area (Å²) < 4.78 is 1.91. The molecule has 0 spiro atoms. The highest BCUT2D eigenvalue weighted by Crippen LogP contribution is 2.21. The van der Waals surface area contributed by atoms with Crippen LogP contribution in [-0.4, -0.2) is 27.3 Å². The first kappa shape index (κ1) is 13.7. The first-order valence-electron chi connectivity index (χ1n) is 7.31. The van der Waals surface area contributed by atoms with E-state index in [1.165, 1.54) is 11.1 Å². The minimum Gasteiger partial charge on any atom is -0.338 e. The Morgan fingerprint density at radius 3 is 2.62 bits per heavy atom. The Morgan fingerprint density at radius 1 is 1.29 bits per heavy atom. The molecule has 1 N–H and O–H groups in total. The van der Waals surface area contributed by atoms with Crippen molar-refractivity contribution in [3.8, 4) is 0 Å². The maximum absolute atomic E-state index is 12.1. The van der Waals surface area contributed by atoms with Crippen molar-refractivity contribution in [3.05, 3.63) is 53.3 Å². The second-order valence-corrected chi connectivity index (χ2v) is 5.49. The summed E-state index contributed by atoms with van der Waals surface area (Å²) in [6.45, 7) is 4.94. The molecule has 21 heavy (non-hydrogen) atoms. The Balaban J connectivity index is 1.41. The highest BCUT2D eigenvalue weighted by Gasteiger charge is 2.22. The largest absolute Gasteiger partial charge is 0.338 e. The van der Waals surface area contributed by atoms with Crippen LogP contribution < -0.4 is 5.32 Å². The van der Waals surface area contributed by atoms with Gasteiger partial charge in [-0.3, -0.25) is 4.68 Å². The van der Waals surface area contributed by atoms with Crippen LogP contribution in [-0.2, 0) is 19.6 Å². The third-order valence-electron chi connectivity index (χ3n) is 3.73. The van der Waals surface area contributed by atoms with E-state index in [2.05, 4.69) is 22.5 Å². The van der Waals surface area contributed by atoms with Crippen LogP contribution in [0.5, 0.6) is 0 Å². The van der Waals surface area contributed by atoms with Gasteiger partial charge < -0.3 is 10.2 Å². The number of hydrogen-bond acceptors (Lipinski definition) is 2. The molecule has 1 aromatic carbocycles. The van der Waals surface area contributed by atoms with Crippen LogP contribution in [0.4, 0.5) is 4.79 Å². The summed E-state index contributed by atoms with van der Waals surface area (Å²) in [7, 11) is 0. The van der Waals surface area contributed by atoms with Gasteiger partial charge in [-0.25, -0.2) is 4.79 Å². The molecule has 0 saturated heterocycles. The van der Waals surface area contributed by atoms with Crippen molar-refractivity contribution >= 4 is 6.03 Å². The van der Waals surface area contributed by atoms with Crippen LogP contribution in [0.3, 0.4) is 0 Å². The van der Waals surface area contributed by atoms with E-state index in [9.17, 15) is 4.79 Å². The Bertz CT molecular complexity index is 610. The van der Waals surface area contributed by atoms with E-state index in [0.717, 1.165) is 18.5 Å². The lowest BCUT2D eigenvalue weighted by atomic mass is 10.1. The Morgan fingerprint density at radius 2 is 2.00 bits per heavy atom. The molecule has 1 aliphatic heterocycles. The van der Waals surface area contributed by atoms with Gasteiger partial charge in [0.25, 0.3) is 0 Å². The summed E-state index contributed by atoms with van der Waals surface area (Å²) in [5.41, 5.74) is 3.66. The third-order valence-corrected chi connectivity index (χ3v) is 3.73. The van der Waals surface area contributed by atoms with Gasteiger partial charge in [0.1, 0.15) is 0 Å². The average molecular weight is 284 g/mol. The molecular weight excluding hydrogens is 264 g/mol. The molecule has 2 aromatic rings. The summed E-state index contributed by atoms with van der Waals surface area (Å²) in [6, 6.07) is 8.23. The molecule has 2 heterocycles. The number of benzene rings is 1. The molecule has 0 fully saturated rings. The predicted molar refractivity (Wildman–Crippen MR) is 80.7 cm³/mol. The highest BCUT2D eigenvalue weighted by atomic mass is 16.2. The zero-order chi connectivity index (χ0) is 14.7. The molecule has 5 nitrogen and oxygen atoms in total. The monoisotopic (exact) mass is 284 g/mol. The lowest BCUT2D eigenvalue weighted by molar-refractivity contribution is 0.198. The molecule has 0 saturated carbocycles. The fourth-order valence-corrected chi connectivity index (χ4v) is 2.61. The van der Waals surface area contributed by atoms with Crippen LogP contribution in [0.25, 0.3) is 0 Å². The summed E-state index contributed by atoms with van der Waals surface area (Å²) in [6.07, 6.45) is 4.74. The van der Waals surface area contributed by atoms with Crippen LogP contribution in [0, 0.1) is 6.92 Å². The molecule has 5 heteroatoms. The molecule has 2 amide bonds. The van der Waals surface area contributed by atoms with Crippen molar-refractivity contribution in [1.29, 1.82) is 0 Å². The number of aromatic nitrogens is 2. The third kappa shape index (κ3) is 3.24. The van der Waals surface area contributed by atoms with E-state index in [-0.39, 0.29) is 6.03 Å². The molecule has 0 radical (unpaired) electrons. The van der Waals surface area contributed by atoms with Gasteiger partial charge in [-0.05, 0) is 30.0 Å². The van der Waals surface area contributed by atoms with Gasteiger partial charge >= 0.3 is 6.03 Å². The normalized spacial score (nSPS) is 13.3. The number of hydrogen-bond donors (Lipinski definition) is 1. The lowest BCUT2D eigenvalue weighted by Gasteiger charge is -2.16. The van der Waals surface area contributed by atoms with Crippen molar-refractivity contribution in [2.24, 2.45) is 0 Å². The van der Waals surface area contributed by atoms with E-state index < -0.39 is 0 Å². The highest BCUT2D eigenvalue weighted by molar-refractivity contribution is 5.75. The van der Waals surface area contributed by atoms with Gasteiger partial charge in [0, 0.05) is 32.4 Å². The van der Waals surface area contributed by atoms with Crippen molar-refractivity contribution in [1.82, 2.24) is 20.0 Å². The molecule has 3 rings (SSSR count). The van der Waals surface area contributed by atoms with Crippen molar-refractivity contribution in [2.75, 3.05) is 6.54 Å². The number of aryl methyl sites for hydroxylation is 2. The van der Waals surface area contributed by atoms with Gasteiger partial charge in [-0.15, -0.1) is 0 Å². The quantitative estimate of drug-likeness (QED) is 0.876. The van der Waals surface area contributed by atoms with E-state index in [1.807, 2.05) is 41.0 Å². The van der Waals surface area contributed by atoms with Crippen LogP contribution in [0.15, 0.2) is 36.7 Å². The minimum atomic E-state index is 0.0165. The van der Waals surface area contributed by atoms with E-state index in [1.54, 1.807) is 0 Å². The van der Waals surface area contributed by atoms with Gasteiger partial charge in [-0.1, -0.05) is 24.3 Å². The molecule has 0 unspecified atom stereocenters. The van der Waals surface area contributed by atoms with Crippen molar-refractivity contribution in [2.45, 2.75) is 33.0 Å². The number of nitrogens with one attached hydrogen (secondary N) is 1. The van der Waals surface area contributed by atoms with E-state index in [0.29, 0.717) is 19.6 Å². The van der Waals surface area contributed by atoms with E-state index in [4.69, 9.17) is 0 Å². The number of fused-ring (bicyclic) bond motifs is 1. The lowest BCUT2D eigenvalue weighted by Crippen LogP contribution is -2.37. The average Bonchev–Trinajstić information content (AvgIpc) is 3.09. The number of rotatable bonds is 4. The standard InChI is InChI=1S/C16H20N4O/c1-13-9-18-20(10-13)8-4-7-17-16(21)19-11-14-5-2-3-6-15(14)12-19/h2-3,5-6,9-10H,4,7-8,11-12H2,1H3,(H,17,21). The van der Waals surface area contributed by atoms with Crippen molar-refractivity contribution < 1.29 is 4.79 Å². The number of urea groups is 1. The Labute approximate surface area is 124 Å². The second-order valence-electron chi connectivity index (χ2n) is 5.49. The topological polar surface area (TPSA) is 50.2 Å². The first-order chi connectivity index (χ1) is 10.2. The number of carbonyl (C=O) groups is 1. The smallest absolute Gasteiger partial charge is 0.318 e. The SMILES string of the molecule is Cc1cnn(CCCNC(=O)N2Cc3ccccc3C2)c1. The molecule has 0 aliphatic carbocycles.